The van der Waals surface area contributed by atoms with E-state index in [2.05, 4.69) is 15.6 Å². The van der Waals surface area contributed by atoms with E-state index >= 15 is 0 Å². The average molecular weight is 412 g/mol. The summed E-state index contributed by atoms with van der Waals surface area (Å²) in [6.45, 7) is 0.0166. The number of nitrogens with one attached hydrogen (secondary N) is 2. The van der Waals surface area contributed by atoms with Gasteiger partial charge in [0.2, 0.25) is 5.91 Å². The van der Waals surface area contributed by atoms with Crippen molar-refractivity contribution >= 4 is 51.6 Å². The van der Waals surface area contributed by atoms with Crippen LogP contribution in [0.25, 0.3) is 17.3 Å². The standard InChI is InChI=1S/C20H14ClN3O3S/c21-14-5-1-12(2-6-14)3-8-18(25)24-20-23-16(11-28-20)13-4-7-17-15(9-13)22-19(26)10-27-17/h1-9,11H,10H2,(H,22,26)(H,23,24,25)/b8-3+. The van der Waals surface area contributed by atoms with Crippen LogP contribution in [0.5, 0.6) is 5.75 Å². The molecule has 0 unspecified atom stereocenters. The smallest absolute Gasteiger partial charge is 0.262 e. The summed E-state index contributed by atoms with van der Waals surface area (Å²) < 4.78 is 5.35. The summed E-state index contributed by atoms with van der Waals surface area (Å²) in [7, 11) is 0. The van der Waals surface area contributed by atoms with Crippen LogP contribution in [0, 0.1) is 0 Å². The lowest BCUT2D eigenvalue weighted by molar-refractivity contribution is -0.118. The minimum absolute atomic E-state index is 0.0166. The van der Waals surface area contributed by atoms with Crippen LogP contribution in [0.1, 0.15) is 5.56 Å². The van der Waals surface area contributed by atoms with Gasteiger partial charge in [-0.2, -0.15) is 0 Å². The molecule has 0 spiro atoms. The van der Waals surface area contributed by atoms with Crippen LogP contribution in [-0.4, -0.2) is 23.4 Å². The summed E-state index contributed by atoms with van der Waals surface area (Å²) in [5.74, 6) is 0.157. The minimum atomic E-state index is -0.276. The van der Waals surface area contributed by atoms with Crippen molar-refractivity contribution in [3.05, 3.63) is 64.5 Å². The summed E-state index contributed by atoms with van der Waals surface area (Å²) in [5.41, 5.74) is 3.00. The van der Waals surface area contributed by atoms with Crippen LogP contribution in [0.4, 0.5) is 10.8 Å². The van der Waals surface area contributed by atoms with Gasteiger partial charge in [-0.05, 0) is 42.0 Å². The predicted octanol–water partition coefficient (Wildman–Crippen LogP) is 4.45. The average Bonchev–Trinajstić information content (AvgIpc) is 3.15. The van der Waals surface area contributed by atoms with E-state index in [1.54, 1.807) is 30.3 Å². The number of carbonyl (C=O) groups excluding carboxylic acids is 2. The summed E-state index contributed by atoms with van der Waals surface area (Å²) in [4.78, 5) is 28.0. The van der Waals surface area contributed by atoms with Gasteiger partial charge in [0.25, 0.3) is 5.91 Å². The molecule has 28 heavy (non-hydrogen) atoms. The molecule has 0 fully saturated rings. The van der Waals surface area contributed by atoms with Gasteiger partial charge in [0.1, 0.15) is 5.75 Å². The highest BCUT2D eigenvalue weighted by molar-refractivity contribution is 7.14. The molecule has 0 saturated carbocycles. The molecule has 3 aromatic rings. The second-order valence-electron chi connectivity index (χ2n) is 5.96. The van der Waals surface area contributed by atoms with Gasteiger partial charge in [0.15, 0.2) is 11.7 Å². The molecular weight excluding hydrogens is 398 g/mol. The fourth-order valence-corrected chi connectivity index (χ4v) is 3.45. The Kier molecular flexibility index (Phi) is 5.10. The highest BCUT2D eigenvalue weighted by Crippen LogP contribution is 2.33. The minimum Gasteiger partial charge on any atom is -0.482 e. The first kappa shape index (κ1) is 18.2. The first-order valence-corrected chi connectivity index (χ1v) is 9.60. The third kappa shape index (κ3) is 4.21. The molecule has 2 N–H and O–H groups in total. The maximum Gasteiger partial charge on any atom is 0.262 e. The molecule has 4 rings (SSSR count). The van der Waals surface area contributed by atoms with E-state index in [9.17, 15) is 9.59 Å². The van der Waals surface area contributed by atoms with Crippen LogP contribution in [0.2, 0.25) is 5.02 Å². The lowest BCUT2D eigenvalue weighted by Crippen LogP contribution is -2.25. The van der Waals surface area contributed by atoms with E-state index < -0.39 is 0 Å². The molecule has 0 bridgehead atoms. The van der Waals surface area contributed by atoms with E-state index in [0.717, 1.165) is 11.1 Å². The van der Waals surface area contributed by atoms with E-state index in [1.807, 2.05) is 23.6 Å². The largest absolute Gasteiger partial charge is 0.482 e. The summed E-state index contributed by atoms with van der Waals surface area (Å²) in [6.07, 6.45) is 3.14. The number of fused-ring (bicyclic) bond motifs is 1. The van der Waals surface area contributed by atoms with Crippen molar-refractivity contribution in [2.75, 3.05) is 17.2 Å². The van der Waals surface area contributed by atoms with Crippen LogP contribution in [0.3, 0.4) is 0 Å². The molecule has 2 amide bonds. The molecule has 2 aromatic carbocycles. The number of anilines is 2. The van der Waals surface area contributed by atoms with Crippen molar-refractivity contribution in [3.8, 4) is 17.0 Å². The van der Waals surface area contributed by atoms with Crippen LogP contribution in [-0.2, 0) is 9.59 Å². The molecule has 6 nitrogen and oxygen atoms in total. The number of thiazole rings is 1. The quantitative estimate of drug-likeness (QED) is 0.622. The first-order chi connectivity index (χ1) is 13.6. The summed E-state index contributed by atoms with van der Waals surface area (Å²) >= 11 is 7.16. The maximum absolute atomic E-state index is 12.1. The zero-order chi connectivity index (χ0) is 19.5. The summed E-state index contributed by atoms with van der Waals surface area (Å²) in [6, 6.07) is 12.6. The third-order valence-corrected chi connectivity index (χ3v) is 4.95. The molecule has 1 aromatic heterocycles. The van der Waals surface area contributed by atoms with Crippen LogP contribution < -0.4 is 15.4 Å². The number of ether oxygens (including phenoxy) is 1. The van der Waals surface area contributed by atoms with Gasteiger partial charge in [-0.3, -0.25) is 14.9 Å². The Balaban J connectivity index is 1.44. The van der Waals surface area contributed by atoms with Gasteiger partial charge < -0.3 is 10.1 Å². The van der Waals surface area contributed by atoms with E-state index in [4.69, 9.17) is 16.3 Å². The molecule has 1 aliphatic rings. The molecule has 0 radical (unpaired) electrons. The normalized spacial score (nSPS) is 13.0. The third-order valence-electron chi connectivity index (χ3n) is 3.94. The highest BCUT2D eigenvalue weighted by atomic mass is 35.5. The zero-order valence-corrected chi connectivity index (χ0v) is 16.0. The zero-order valence-electron chi connectivity index (χ0n) is 14.4. The van der Waals surface area contributed by atoms with Crippen molar-refractivity contribution in [1.82, 2.24) is 4.98 Å². The summed E-state index contributed by atoms with van der Waals surface area (Å²) in [5, 5.41) is 8.48. The topological polar surface area (TPSA) is 80.3 Å². The molecular formula is C20H14ClN3O3S. The Morgan fingerprint density at radius 2 is 2.07 bits per heavy atom. The second kappa shape index (κ2) is 7.84. The lowest BCUT2D eigenvalue weighted by atomic mass is 10.1. The second-order valence-corrected chi connectivity index (χ2v) is 7.25. The van der Waals surface area contributed by atoms with Crippen LogP contribution in [0.15, 0.2) is 53.9 Å². The number of nitrogens with zero attached hydrogens (tertiary/aromatic N) is 1. The lowest BCUT2D eigenvalue weighted by Gasteiger charge is -2.18. The number of halogens is 1. The number of rotatable bonds is 4. The molecule has 8 heteroatoms. The van der Waals surface area contributed by atoms with Gasteiger partial charge in [-0.25, -0.2) is 4.98 Å². The Morgan fingerprint density at radius 1 is 1.25 bits per heavy atom. The maximum atomic E-state index is 12.1. The SMILES string of the molecule is O=C(/C=C/c1ccc(Cl)cc1)Nc1nc(-c2ccc3c(c2)NC(=O)CO3)cs1. The van der Waals surface area contributed by atoms with E-state index in [1.165, 1.54) is 17.4 Å². The number of benzene rings is 2. The van der Waals surface area contributed by atoms with Crippen LogP contribution >= 0.6 is 22.9 Å². The molecule has 140 valence electrons. The Morgan fingerprint density at radius 3 is 2.89 bits per heavy atom. The van der Waals surface area contributed by atoms with Gasteiger partial charge >= 0.3 is 0 Å². The Hall–Kier alpha value is -3.16. The molecule has 0 saturated heterocycles. The molecule has 0 atom stereocenters. The van der Waals surface area contributed by atoms with Crippen molar-refractivity contribution in [1.29, 1.82) is 0 Å². The van der Waals surface area contributed by atoms with E-state index in [-0.39, 0.29) is 18.4 Å². The number of aromatic nitrogens is 1. The predicted molar refractivity (Wildman–Crippen MR) is 111 cm³/mol. The molecule has 1 aliphatic heterocycles. The first-order valence-electron chi connectivity index (χ1n) is 8.34. The van der Waals surface area contributed by atoms with Crippen molar-refractivity contribution in [2.45, 2.75) is 0 Å². The number of hydrogen-bond acceptors (Lipinski definition) is 5. The number of carbonyl (C=O) groups is 2. The fourth-order valence-electron chi connectivity index (χ4n) is 2.60. The van der Waals surface area contributed by atoms with Gasteiger partial charge in [-0.1, -0.05) is 23.7 Å². The van der Waals surface area contributed by atoms with Crippen molar-refractivity contribution < 1.29 is 14.3 Å². The number of hydrogen-bond donors (Lipinski definition) is 2. The molecule has 2 heterocycles. The van der Waals surface area contributed by atoms with Crippen molar-refractivity contribution in [3.63, 3.8) is 0 Å². The number of amides is 2. The van der Waals surface area contributed by atoms with Gasteiger partial charge in [-0.15, -0.1) is 11.3 Å². The van der Waals surface area contributed by atoms with E-state index in [0.29, 0.717) is 27.3 Å². The Labute approximate surface area is 169 Å². The molecule has 0 aliphatic carbocycles. The highest BCUT2D eigenvalue weighted by Gasteiger charge is 2.17. The monoisotopic (exact) mass is 411 g/mol. The van der Waals surface area contributed by atoms with Crippen molar-refractivity contribution in [2.24, 2.45) is 0 Å². The fraction of sp³-hybridized carbons (Fsp3) is 0.0500. The Bertz CT molecular complexity index is 1080. The van der Waals surface area contributed by atoms with Gasteiger partial charge in [0, 0.05) is 22.0 Å². The van der Waals surface area contributed by atoms with Gasteiger partial charge in [0.05, 0.1) is 11.4 Å².